The minimum atomic E-state index is -0.452. The zero-order valence-electron chi connectivity index (χ0n) is 14.8. The summed E-state index contributed by atoms with van der Waals surface area (Å²) in [4.78, 5) is 24.8. The number of carbonyl (C=O) groups excluding carboxylic acids is 1. The van der Waals surface area contributed by atoms with Gasteiger partial charge in [-0.05, 0) is 40.5 Å². The van der Waals surface area contributed by atoms with Gasteiger partial charge in [-0.25, -0.2) is 4.79 Å². The van der Waals surface area contributed by atoms with Crippen LogP contribution >= 0.6 is 0 Å². The molecule has 1 aromatic rings. The molecule has 0 bridgehead atoms. The molecule has 23 heavy (non-hydrogen) atoms. The van der Waals surface area contributed by atoms with Crippen LogP contribution in [0.5, 0.6) is 0 Å². The van der Waals surface area contributed by atoms with E-state index in [9.17, 15) is 4.79 Å². The molecular weight excluding hydrogens is 292 g/mol. The molecule has 0 aromatic carbocycles. The van der Waals surface area contributed by atoms with Gasteiger partial charge in [-0.15, -0.1) is 0 Å². The maximum atomic E-state index is 12.2. The van der Waals surface area contributed by atoms with Crippen molar-refractivity contribution in [3.8, 4) is 0 Å². The molecule has 6 nitrogen and oxygen atoms in total. The van der Waals surface area contributed by atoms with Crippen LogP contribution in [-0.2, 0) is 4.74 Å². The average Bonchev–Trinajstić information content (AvgIpc) is 2.53. The fourth-order valence-electron chi connectivity index (χ4n) is 2.86. The van der Waals surface area contributed by atoms with E-state index >= 15 is 0 Å². The van der Waals surface area contributed by atoms with E-state index in [1.807, 2.05) is 34.0 Å². The monoisotopic (exact) mass is 320 g/mol. The van der Waals surface area contributed by atoms with Crippen LogP contribution in [0.15, 0.2) is 18.6 Å². The van der Waals surface area contributed by atoms with Gasteiger partial charge < -0.3 is 9.64 Å². The summed E-state index contributed by atoms with van der Waals surface area (Å²) in [6.07, 6.45) is 6.90. The Labute approximate surface area is 138 Å². The molecule has 2 heterocycles. The fourth-order valence-corrected chi connectivity index (χ4v) is 2.86. The van der Waals surface area contributed by atoms with E-state index in [1.54, 1.807) is 17.3 Å². The van der Waals surface area contributed by atoms with E-state index in [-0.39, 0.29) is 18.2 Å². The molecule has 0 radical (unpaired) electrons. The predicted molar refractivity (Wildman–Crippen MR) is 89.0 cm³/mol. The maximum Gasteiger partial charge on any atom is 0.410 e. The van der Waals surface area contributed by atoms with Gasteiger partial charge in [0.05, 0.1) is 11.7 Å². The van der Waals surface area contributed by atoms with Gasteiger partial charge in [0.15, 0.2) is 0 Å². The third kappa shape index (κ3) is 4.89. The van der Waals surface area contributed by atoms with Crippen LogP contribution in [0, 0.1) is 0 Å². The molecule has 1 atom stereocenters. The van der Waals surface area contributed by atoms with Gasteiger partial charge in [-0.1, -0.05) is 0 Å². The van der Waals surface area contributed by atoms with Crippen LogP contribution in [0.2, 0.25) is 0 Å². The summed E-state index contributed by atoms with van der Waals surface area (Å²) in [5, 5.41) is 0. The lowest BCUT2D eigenvalue weighted by Crippen LogP contribution is -2.47. The summed E-state index contributed by atoms with van der Waals surface area (Å²) in [6.45, 7) is 9.71. The molecule has 1 amide bonds. The molecule has 0 saturated carbocycles. The third-order valence-electron chi connectivity index (χ3n) is 4.29. The lowest BCUT2D eigenvalue weighted by molar-refractivity contribution is 0.0132. The Balaban J connectivity index is 1.87. The smallest absolute Gasteiger partial charge is 0.410 e. The Hall–Kier alpha value is -1.69. The molecule has 6 heteroatoms. The molecule has 0 spiro atoms. The standard InChI is InChI=1S/C17H28N4O2/c1-13(15-12-18-8-9-19-15)21-10-6-14(7-11-21)20(5)16(22)23-17(2,3)4/h8-9,12-14H,6-7,10-11H2,1-5H3/t13-/m1/s1. The van der Waals surface area contributed by atoms with E-state index in [1.165, 1.54) is 0 Å². The second-order valence-corrected chi connectivity index (χ2v) is 7.16. The number of rotatable bonds is 3. The molecule has 0 N–H and O–H groups in total. The van der Waals surface area contributed by atoms with Crippen molar-refractivity contribution in [2.75, 3.05) is 20.1 Å². The number of amides is 1. The fraction of sp³-hybridized carbons (Fsp3) is 0.706. The van der Waals surface area contributed by atoms with Crippen LogP contribution in [0.4, 0.5) is 4.79 Å². The first-order chi connectivity index (χ1) is 10.8. The van der Waals surface area contributed by atoms with Crippen molar-refractivity contribution < 1.29 is 9.53 Å². The van der Waals surface area contributed by atoms with E-state index in [0.29, 0.717) is 0 Å². The van der Waals surface area contributed by atoms with Crippen LogP contribution in [0.3, 0.4) is 0 Å². The second kappa shape index (κ2) is 7.25. The van der Waals surface area contributed by atoms with E-state index in [0.717, 1.165) is 31.6 Å². The summed E-state index contributed by atoms with van der Waals surface area (Å²) < 4.78 is 5.45. The van der Waals surface area contributed by atoms with Crippen molar-refractivity contribution >= 4 is 6.09 Å². The highest BCUT2D eigenvalue weighted by Crippen LogP contribution is 2.24. The number of ether oxygens (including phenoxy) is 1. The molecule has 128 valence electrons. The quantitative estimate of drug-likeness (QED) is 0.857. The first-order valence-electron chi connectivity index (χ1n) is 8.23. The van der Waals surface area contributed by atoms with Gasteiger partial charge in [0.2, 0.25) is 0 Å². The van der Waals surface area contributed by atoms with Gasteiger partial charge in [-0.3, -0.25) is 14.9 Å². The topological polar surface area (TPSA) is 58.6 Å². The first-order valence-corrected chi connectivity index (χ1v) is 8.23. The molecule has 0 unspecified atom stereocenters. The third-order valence-corrected chi connectivity index (χ3v) is 4.29. The first kappa shape index (κ1) is 17.7. The summed E-state index contributed by atoms with van der Waals surface area (Å²) in [6, 6.07) is 0.478. The number of nitrogens with zero attached hydrogens (tertiary/aromatic N) is 4. The molecule has 0 aliphatic carbocycles. The summed E-state index contributed by atoms with van der Waals surface area (Å²) >= 11 is 0. The van der Waals surface area contributed by atoms with Crippen molar-refractivity contribution in [1.29, 1.82) is 0 Å². The predicted octanol–water partition coefficient (Wildman–Crippen LogP) is 2.87. The highest BCUT2D eigenvalue weighted by atomic mass is 16.6. The van der Waals surface area contributed by atoms with Crippen molar-refractivity contribution in [3.63, 3.8) is 0 Å². The number of aromatic nitrogens is 2. The van der Waals surface area contributed by atoms with Gasteiger partial charge in [-0.2, -0.15) is 0 Å². The minimum absolute atomic E-state index is 0.232. The zero-order chi connectivity index (χ0) is 17.0. The number of piperidine rings is 1. The highest BCUT2D eigenvalue weighted by Gasteiger charge is 2.30. The van der Waals surface area contributed by atoms with Gasteiger partial charge in [0.1, 0.15) is 5.60 Å². The zero-order valence-corrected chi connectivity index (χ0v) is 14.8. The summed E-state index contributed by atoms with van der Waals surface area (Å²) in [5.41, 5.74) is 0.540. The molecule has 1 aliphatic heterocycles. The number of likely N-dealkylation sites (tertiary alicyclic amines) is 1. The molecule has 1 aliphatic rings. The average molecular weight is 320 g/mol. The SMILES string of the molecule is C[C@H](c1cnccn1)N1CCC(N(C)C(=O)OC(C)(C)C)CC1. The van der Waals surface area contributed by atoms with Crippen LogP contribution in [0.1, 0.15) is 52.3 Å². The highest BCUT2D eigenvalue weighted by molar-refractivity contribution is 5.68. The van der Waals surface area contributed by atoms with Gasteiger partial charge >= 0.3 is 6.09 Å². The molecule has 1 fully saturated rings. The Morgan fingerprint density at radius 2 is 2.00 bits per heavy atom. The molecule has 2 rings (SSSR count). The van der Waals surface area contributed by atoms with Crippen LogP contribution in [0.25, 0.3) is 0 Å². The van der Waals surface area contributed by atoms with E-state index in [4.69, 9.17) is 4.74 Å². The molecule has 1 aromatic heterocycles. The van der Waals surface area contributed by atoms with E-state index < -0.39 is 5.60 Å². The Morgan fingerprint density at radius 1 is 1.35 bits per heavy atom. The van der Waals surface area contributed by atoms with Crippen molar-refractivity contribution in [2.45, 2.75) is 58.2 Å². The van der Waals surface area contributed by atoms with Crippen molar-refractivity contribution in [1.82, 2.24) is 19.8 Å². The summed E-state index contributed by atoms with van der Waals surface area (Å²) in [5.74, 6) is 0. The molecular formula is C17H28N4O2. The Kier molecular flexibility index (Phi) is 5.57. The minimum Gasteiger partial charge on any atom is -0.444 e. The van der Waals surface area contributed by atoms with Crippen LogP contribution in [-0.4, -0.2) is 57.6 Å². The lowest BCUT2D eigenvalue weighted by atomic mass is 10.0. The van der Waals surface area contributed by atoms with Gasteiger partial charge in [0, 0.05) is 44.8 Å². The largest absolute Gasteiger partial charge is 0.444 e. The number of carbonyl (C=O) groups is 1. The lowest BCUT2D eigenvalue weighted by Gasteiger charge is -2.39. The van der Waals surface area contributed by atoms with E-state index in [2.05, 4.69) is 21.8 Å². The van der Waals surface area contributed by atoms with Crippen LogP contribution < -0.4 is 0 Å². The summed E-state index contributed by atoms with van der Waals surface area (Å²) in [7, 11) is 1.83. The second-order valence-electron chi connectivity index (χ2n) is 7.16. The van der Waals surface area contributed by atoms with Crippen molar-refractivity contribution in [3.05, 3.63) is 24.3 Å². The number of hydrogen-bond donors (Lipinski definition) is 0. The maximum absolute atomic E-state index is 12.2. The Bertz CT molecular complexity index is 507. The number of hydrogen-bond acceptors (Lipinski definition) is 5. The Morgan fingerprint density at radius 3 is 2.52 bits per heavy atom. The molecule has 1 saturated heterocycles. The van der Waals surface area contributed by atoms with Gasteiger partial charge in [0.25, 0.3) is 0 Å². The van der Waals surface area contributed by atoms with Crippen molar-refractivity contribution in [2.24, 2.45) is 0 Å². The normalized spacial score (nSPS) is 18.5.